The molecule has 0 spiro atoms. The predicted octanol–water partition coefficient (Wildman–Crippen LogP) is 2.65. The highest BCUT2D eigenvalue weighted by Crippen LogP contribution is 2.23. The number of rotatable bonds is 4. The number of carbonyl (C=O) groups is 1. The van der Waals surface area contributed by atoms with E-state index in [2.05, 4.69) is 20.5 Å². The smallest absolute Gasteiger partial charge is 0.234 e. The second-order valence-electron chi connectivity index (χ2n) is 5.15. The number of anilines is 1. The summed E-state index contributed by atoms with van der Waals surface area (Å²) in [5, 5.41) is 19.9. The van der Waals surface area contributed by atoms with Gasteiger partial charge >= 0.3 is 0 Å². The number of nitrogens with zero attached hydrogens (tertiary/aromatic N) is 3. The van der Waals surface area contributed by atoms with Crippen molar-refractivity contribution in [2.75, 3.05) is 11.1 Å². The Morgan fingerprint density at radius 2 is 2.12 bits per heavy atom. The number of aromatic amines is 1. The number of hydrogen-bond donors (Lipinski definition) is 3. The van der Waals surface area contributed by atoms with Gasteiger partial charge in [-0.05, 0) is 24.3 Å². The molecule has 0 aliphatic heterocycles. The van der Waals surface area contributed by atoms with E-state index in [1.165, 1.54) is 17.8 Å². The molecule has 0 aliphatic carbocycles. The van der Waals surface area contributed by atoms with E-state index >= 15 is 0 Å². The summed E-state index contributed by atoms with van der Waals surface area (Å²) in [6.45, 7) is 0. The van der Waals surface area contributed by atoms with Crippen molar-refractivity contribution in [3.8, 4) is 5.75 Å². The molecule has 1 amide bonds. The van der Waals surface area contributed by atoms with E-state index in [1.54, 1.807) is 18.2 Å². The number of benzene rings is 2. The zero-order valence-corrected chi connectivity index (χ0v) is 13.2. The molecule has 0 fully saturated rings. The Labute approximate surface area is 140 Å². The van der Waals surface area contributed by atoms with E-state index in [4.69, 9.17) is 0 Å². The maximum Gasteiger partial charge on any atom is 0.234 e. The molecule has 7 nitrogen and oxygen atoms in total. The van der Waals surface area contributed by atoms with E-state index in [0.717, 1.165) is 11.0 Å². The number of aromatic hydroxyl groups is 1. The third-order valence-electron chi connectivity index (χ3n) is 3.47. The summed E-state index contributed by atoms with van der Waals surface area (Å²) < 4.78 is 1.89. The van der Waals surface area contributed by atoms with Gasteiger partial charge in [0.15, 0.2) is 5.16 Å². The van der Waals surface area contributed by atoms with Crippen LogP contribution in [0.1, 0.15) is 0 Å². The first-order chi connectivity index (χ1) is 11.7. The molecule has 8 heteroatoms. The van der Waals surface area contributed by atoms with Crippen LogP contribution in [-0.4, -0.2) is 36.3 Å². The molecule has 0 bridgehead atoms. The molecule has 2 aromatic heterocycles. The van der Waals surface area contributed by atoms with Crippen LogP contribution < -0.4 is 5.32 Å². The first kappa shape index (κ1) is 14.6. The molecule has 0 saturated carbocycles. The van der Waals surface area contributed by atoms with Crippen molar-refractivity contribution in [3.63, 3.8) is 0 Å². The van der Waals surface area contributed by atoms with Crippen molar-refractivity contribution in [3.05, 3.63) is 48.5 Å². The van der Waals surface area contributed by atoms with Crippen molar-refractivity contribution in [1.29, 1.82) is 0 Å². The number of aromatic nitrogens is 4. The first-order valence-corrected chi connectivity index (χ1v) is 8.22. The lowest BCUT2D eigenvalue weighted by Crippen LogP contribution is -2.14. The quantitative estimate of drug-likeness (QED) is 0.497. The lowest BCUT2D eigenvalue weighted by Gasteiger charge is -2.04. The monoisotopic (exact) mass is 339 g/mol. The highest BCUT2D eigenvalue weighted by atomic mass is 32.2. The van der Waals surface area contributed by atoms with Gasteiger partial charge in [0.1, 0.15) is 5.75 Å². The SMILES string of the molecule is O=C(CSc1n[nH]c2nc3ccccc3n12)Nc1cccc(O)c1. The molecule has 0 saturated heterocycles. The highest BCUT2D eigenvalue weighted by Gasteiger charge is 2.13. The fourth-order valence-electron chi connectivity index (χ4n) is 2.45. The van der Waals surface area contributed by atoms with Crippen LogP contribution in [0.25, 0.3) is 16.8 Å². The molecule has 24 heavy (non-hydrogen) atoms. The molecule has 0 atom stereocenters. The first-order valence-electron chi connectivity index (χ1n) is 7.24. The minimum absolute atomic E-state index is 0.111. The molecule has 2 heterocycles. The fourth-order valence-corrected chi connectivity index (χ4v) is 3.21. The Bertz CT molecular complexity index is 1040. The van der Waals surface area contributed by atoms with Gasteiger partial charge in [-0.1, -0.05) is 30.0 Å². The van der Waals surface area contributed by atoms with E-state index < -0.39 is 0 Å². The average molecular weight is 339 g/mol. The molecule has 2 aromatic carbocycles. The number of carbonyl (C=O) groups excluding carboxylic acids is 1. The molecule has 0 unspecified atom stereocenters. The number of hydrogen-bond acceptors (Lipinski definition) is 5. The Kier molecular flexibility index (Phi) is 3.58. The molecule has 120 valence electrons. The van der Waals surface area contributed by atoms with Gasteiger partial charge in [-0.25, -0.2) is 10.1 Å². The number of imidazole rings is 1. The van der Waals surface area contributed by atoms with Gasteiger partial charge in [0.25, 0.3) is 0 Å². The molecule has 4 aromatic rings. The van der Waals surface area contributed by atoms with Crippen molar-refractivity contribution in [1.82, 2.24) is 19.6 Å². The van der Waals surface area contributed by atoms with Gasteiger partial charge < -0.3 is 10.4 Å². The minimum atomic E-state index is -0.175. The summed E-state index contributed by atoms with van der Waals surface area (Å²) in [6, 6.07) is 14.2. The van der Waals surface area contributed by atoms with Gasteiger partial charge in [-0.3, -0.25) is 9.20 Å². The maximum absolute atomic E-state index is 12.1. The number of para-hydroxylation sites is 2. The van der Waals surface area contributed by atoms with E-state index in [0.29, 0.717) is 16.6 Å². The lowest BCUT2D eigenvalue weighted by molar-refractivity contribution is -0.113. The average Bonchev–Trinajstić information content (AvgIpc) is 3.12. The summed E-state index contributed by atoms with van der Waals surface area (Å²) in [5.74, 6) is 0.778. The van der Waals surface area contributed by atoms with Crippen LogP contribution in [0.15, 0.2) is 53.7 Å². The highest BCUT2D eigenvalue weighted by molar-refractivity contribution is 7.99. The normalized spacial score (nSPS) is 11.2. The van der Waals surface area contributed by atoms with Crippen molar-refractivity contribution >= 4 is 40.2 Å². The van der Waals surface area contributed by atoms with E-state index in [-0.39, 0.29) is 17.4 Å². The van der Waals surface area contributed by atoms with Crippen LogP contribution in [0.4, 0.5) is 5.69 Å². The number of nitrogens with one attached hydrogen (secondary N) is 2. The van der Waals surface area contributed by atoms with Crippen LogP contribution in [-0.2, 0) is 4.79 Å². The zero-order chi connectivity index (χ0) is 16.5. The Morgan fingerprint density at radius 1 is 1.25 bits per heavy atom. The van der Waals surface area contributed by atoms with Gasteiger partial charge in [0, 0.05) is 11.8 Å². The minimum Gasteiger partial charge on any atom is -0.508 e. The zero-order valence-electron chi connectivity index (χ0n) is 12.4. The number of phenols is 1. The van der Waals surface area contributed by atoms with Crippen molar-refractivity contribution in [2.45, 2.75) is 5.16 Å². The lowest BCUT2D eigenvalue weighted by atomic mass is 10.3. The number of amides is 1. The number of fused-ring (bicyclic) bond motifs is 3. The predicted molar refractivity (Wildman–Crippen MR) is 92.3 cm³/mol. The van der Waals surface area contributed by atoms with Gasteiger partial charge in [0.2, 0.25) is 11.7 Å². The number of thioether (sulfide) groups is 1. The van der Waals surface area contributed by atoms with Crippen LogP contribution in [0.2, 0.25) is 0 Å². The summed E-state index contributed by atoms with van der Waals surface area (Å²) in [4.78, 5) is 16.5. The summed E-state index contributed by atoms with van der Waals surface area (Å²) in [5.41, 5.74) is 2.37. The van der Waals surface area contributed by atoms with Gasteiger partial charge in [-0.15, -0.1) is 5.10 Å². The van der Waals surface area contributed by atoms with E-state index in [9.17, 15) is 9.90 Å². The molecule has 0 radical (unpaired) electrons. The summed E-state index contributed by atoms with van der Waals surface area (Å²) >= 11 is 1.31. The number of phenolic OH excluding ortho intramolecular Hbond substituents is 1. The van der Waals surface area contributed by atoms with Crippen LogP contribution in [0.5, 0.6) is 5.75 Å². The maximum atomic E-state index is 12.1. The summed E-state index contributed by atoms with van der Waals surface area (Å²) in [7, 11) is 0. The second kappa shape index (κ2) is 5.89. The Hall–Kier alpha value is -3.00. The molecule has 0 aliphatic rings. The van der Waals surface area contributed by atoms with Gasteiger partial charge in [0.05, 0.1) is 16.8 Å². The Balaban J connectivity index is 1.51. The van der Waals surface area contributed by atoms with Crippen LogP contribution >= 0.6 is 11.8 Å². The third-order valence-corrected chi connectivity index (χ3v) is 4.40. The third kappa shape index (κ3) is 2.67. The number of H-pyrrole nitrogens is 1. The molecule has 4 rings (SSSR count). The molecule has 3 N–H and O–H groups in total. The van der Waals surface area contributed by atoms with Crippen LogP contribution in [0, 0.1) is 0 Å². The topological polar surface area (TPSA) is 95.3 Å². The molecular formula is C16H13N5O2S. The van der Waals surface area contributed by atoms with Crippen LogP contribution in [0.3, 0.4) is 0 Å². The summed E-state index contributed by atoms with van der Waals surface area (Å²) in [6.07, 6.45) is 0. The van der Waals surface area contributed by atoms with Gasteiger partial charge in [-0.2, -0.15) is 0 Å². The molecular weight excluding hydrogens is 326 g/mol. The largest absolute Gasteiger partial charge is 0.508 e. The van der Waals surface area contributed by atoms with Crippen molar-refractivity contribution < 1.29 is 9.90 Å². The second-order valence-corrected chi connectivity index (χ2v) is 6.10. The Morgan fingerprint density at radius 3 is 3.00 bits per heavy atom. The van der Waals surface area contributed by atoms with Crippen molar-refractivity contribution in [2.24, 2.45) is 0 Å². The standard InChI is InChI=1S/C16H13N5O2S/c22-11-5-3-4-10(8-11)17-14(23)9-24-16-20-19-15-18-12-6-1-2-7-13(12)21(15)16/h1-8,22H,9H2,(H,17,23)(H,18,19). The van der Waals surface area contributed by atoms with E-state index in [1.807, 2.05) is 28.7 Å². The fraction of sp³-hybridized carbons (Fsp3) is 0.0625.